The highest BCUT2D eigenvalue weighted by molar-refractivity contribution is 7.91. The fourth-order valence-corrected chi connectivity index (χ4v) is 5.40. The molecule has 0 saturated carbocycles. The summed E-state index contributed by atoms with van der Waals surface area (Å²) in [6, 6.07) is 10.1. The number of aryl methyl sites for hydroxylation is 2. The van der Waals surface area contributed by atoms with E-state index in [2.05, 4.69) is 22.5 Å². The molecule has 3 rings (SSSR count). The monoisotopic (exact) mass is 389 g/mol. The molecule has 2 atom stereocenters. The summed E-state index contributed by atoms with van der Waals surface area (Å²) in [6.07, 6.45) is 2.31. The van der Waals surface area contributed by atoms with Crippen LogP contribution in [0, 0.1) is 13.8 Å². The molecule has 1 fully saturated rings. The number of sulfone groups is 1. The molecule has 146 valence electrons. The number of carbonyl (C=O) groups excluding carboxylic acids is 1. The van der Waals surface area contributed by atoms with E-state index in [0.29, 0.717) is 17.7 Å². The number of aromatic nitrogens is 2. The Kier molecular flexibility index (Phi) is 5.69. The normalized spacial score (nSPS) is 19.7. The molecule has 1 amide bonds. The number of benzene rings is 1. The van der Waals surface area contributed by atoms with Crippen molar-refractivity contribution in [3.8, 4) is 0 Å². The van der Waals surface area contributed by atoms with Gasteiger partial charge < -0.3 is 5.32 Å². The molecule has 2 aromatic rings. The second-order valence-corrected chi connectivity index (χ2v) is 9.67. The van der Waals surface area contributed by atoms with E-state index in [-0.39, 0.29) is 29.5 Å². The smallest absolute Gasteiger partial charge is 0.255 e. The van der Waals surface area contributed by atoms with E-state index in [0.717, 1.165) is 18.5 Å². The van der Waals surface area contributed by atoms with Crippen molar-refractivity contribution in [2.75, 3.05) is 11.5 Å². The topological polar surface area (TPSA) is 81.1 Å². The molecule has 1 saturated heterocycles. The van der Waals surface area contributed by atoms with Crippen LogP contribution in [0.25, 0.3) is 0 Å². The van der Waals surface area contributed by atoms with Crippen molar-refractivity contribution in [2.24, 2.45) is 0 Å². The van der Waals surface area contributed by atoms with Gasteiger partial charge in [0.15, 0.2) is 9.84 Å². The molecule has 1 aliphatic heterocycles. The largest absolute Gasteiger partial charge is 0.349 e. The molecular weight excluding hydrogens is 362 g/mol. The number of nitrogens with zero attached hydrogens (tertiary/aromatic N) is 2. The summed E-state index contributed by atoms with van der Waals surface area (Å²) in [5.74, 6) is 0.148. The fraction of sp³-hybridized carbons (Fsp3) is 0.500. The van der Waals surface area contributed by atoms with Crippen LogP contribution in [0.4, 0.5) is 0 Å². The van der Waals surface area contributed by atoms with Gasteiger partial charge in [-0.1, -0.05) is 30.3 Å². The van der Waals surface area contributed by atoms with Crippen LogP contribution in [0.3, 0.4) is 0 Å². The zero-order chi connectivity index (χ0) is 19.6. The van der Waals surface area contributed by atoms with Gasteiger partial charge in [0.1, 0.15) is 0 Å². The summed E-state index contributed by atoms with van der Waals surface area (Å²) >= 11 is 0. The minimum absolute atomic E-state index is 0.0340. The second-order valence-electron chi connectivity index (χ2n) is 7.45. The number of nitrogens with one attached hydrogen (secondary N) is 1. The van der Waals surface area contributed by atoms with Gasteiger partial charge in [0.05, 0.1) is 28.8 Å². The lowest BCUT2D eigenvalue weighted by Crippen LogP contribution is -2.33. The zero-order valence-electron chi connectivity index (χ0n) is 16.1. The van der Waals surface area contributed by atoms with E-state index in [9.17, 15) is 13.2 Å². The highest BCUT2D eigenvalue weighted by atomic mass is 32.2. The maximum atomic E-state index is 12.8. The highest BCUT2D eigenvalue weighted by Gasteiger charge is 2.32. The summed E-state index contributed by atoms with van der Waals surface area (Å²) < 4.78 is 25.3. The summed E-state index contributed by atoms with van der Waals surface area (Å²) in [5.41, 5.74) is 3.19. The summed E-state index contributed by atoms with van der Waals surface area (Å²) in [6.45, 7) is 5.64. The van der Waals surface area contributed by atoms with Gasteiger partial charge in [-0.3, -0.25) is 9.48 Å². The lowest BCUT2D eigenvalue weighted by Gasteiger charge is -2.15. The molecule has 1 aromatic carbocycles. The van der Waals surface area contributed by atoms with Crippen LogP contribution < -0.4 is 5.32 Å². The Hall–Kier alpha value is -2.15. The molecule has 1 N–H and O–H groups in total. The molecule has 0 unspecified atom stereocenters. The minimum Gasteiger partial charge on any atom is -0.349 e. The second kappa shape index (κ2) is 7.84. The zero-order valence-corrected chi connectivity index (χ0v) is 16.9. The van der Waals surface area contributed by atoms with Gasteiger partial charge >= 0.3 is 0 Å². The Balaban J connectivity index is 1.66. The van der Waals surface area contributed by atoms with Crippen molar-refractivity contribution in [3.05, 3.63) is 52.8 Å². The van der Waals surface area contributed by atoms with Crippen LogP contribution in [0.2, 0.25) is 0 Å². The average molecular weight is 390 g/mol. The summed E-state index contributed by atoms with van der Waals surface area (Å²) in [5, 5.41) is 7.53. The Morgan fingerprint density at radius 2 is 2.00 bits per heavy atom. The third-order valence-corrected chi connectivity index (χ3v) is 6.94. The van der Waals surface area contributed by atoms with Gasteiger partial charge in [0, 0.05) is 11.7 Å². The highest BCUT2D eigenvalue weighted by Crippen LogP contribution is 2.26. The Labute approximate surface area is 160 Å². The third kappa shape index (κ3) is 4.58. The maximum absolute atomic E-state index is 12.8. The van der Waals surface area contributed by atoms with Crippen LogP contribution >= 0.6 is 0 Å². The van der Waals surface area contributed by atoms with Crippen molar-refractivity contribution < 1.29 is 13.2 Å². The number of hydrogen-bond acceptors (Lipinski definition) is 4. The first-order chi connectivity index (χ1) is 12.8. The van der Waals surface area contributed by atoms with Gasteiger partial charge in [-0.25, -0.2) is 8.42 Å². The summed E-state index contributed by atoms with van der Waals surface area (Å²) in [4.78, 5) is 12.8. The summed E-state index contributed by atoms with van der Waals surface area (Å²) in [7, 11) is -3.00. The van der Waals surface area contributed by atoms with E-state index >= 15 is 0 Å². The number of rotatable bonds is 6. The Bertz CT molecular complexity index is 919. The molecule has 0 aliphatic carbocycles. The van der Waals surface area contributed by atoms with Crippen molar-refractivity contribution in [1.29, 1.82) is 0 Å². The Morgan fingerprint density at radius 1 is 1.30 bits per heavy atom. The van der Waals surface area contributed by atoms with Crippen LogP contribution in [0.5, 0.6) is 0 Å². The standard InChI is InChI=1S/C20H27N3O3S/c1-14(9-10-17-7-5-4-6-8-17)21-20(24)19-15(2)22-23(16(19)3)18-11-12-27(25,26)13-18/h4-8,14,18H,9-13H2,1-3H3,(H,21,24)/t14-,18-/m0/s1. The van der Waals surface area contributed by atoms with Gasteiger partial charge in [-0.05, 0) is 45.6 Å². The van der Waals surface area contributed by atoms with Gasteiger partial charge in [-0.2, -0.15) is 5.10 Å². The first-order valence-electron chi connectivity index (χ1n) is 9.38. The molecule has 1 aromatic heterocycles. The van der Waals surface area contributed by atoms with Crippen molar-refractivity contribution in [2.45, 2.75) is 52.1 Å². The molecule has 1 aliphatic rings. The number of amides is 1. The predicted octanol–water partition coefficient (Wildman–Crippen LogP) is 2.61. The Morgan fingerprint density at radius 3 is 2.63 bits per heavy atom. The van der Waals surface area contributed by atoms with E-state index in [1.807, 2.05) is 32.0 Å². The molecule has 0 spiro atoms. The molecule has 6 nitrogen and oxygen atoms in total. The van der Waals surface area contributed by atoms with Crippen LogP contribution in [-0.4, -0.2) is 41.7 Å². The van der Waals surface area contributed by atoms with Crippen LogP contribution in [0.15, 0.2) is 30.3 Å². The average Bonchev–Trinajstić information content (AvgIpc) is 3.12. The molecule has 27 heavy (non-hydrogen) atoms. The van der Waals surface area contributed by atoms with E-state index < -0.39 is 9.84 Å². The van der Waals surface area contributed by atoms with Gasteiger partial charge in [0.2, 0.25) is 0 Å². The molecule has 2 heterocycles. The SMILES string of the molecule is Cc1nn([C@H]2CCS(=O)(=O)C2)c(C)c1C(=O)N[C@@H](C)CCc1ccccc1. The van der Waals surface area contributed by atoms with Crippen LogP contribution in [0.1, 0.15) is 53.1 Å². The van der Waals surface area contributed by atoms with E-state index in [1.165, 1.54) is 5.56 Å². The van der Waals surface area contributed by atoms with Gasteiger partial charge in [0.25, 0.3) is 5.91 Å². The van der Waals surface area contributed by atoms with Crippen LogP contribution in [-0.2, 0) is 16.3 Å². The minimum atomic E-state index is -3.00. The van der Waals surface area contributed by atoms with Gasteiger partial charge in [-0.15, -0.1) is 0 Å². The molecule has 7 heteroatoms. The lowest BCUT2D eigenvalue weighted by molar-refractivity contribution is 0.0937. The van der Waals surface area contributed by atoms with Crippen molar-refractivity contribution in [1.82, 2.24) is 15.1 Å². The molecular formula is C20H27N3O3S. The van der Waals surface area contributed by atoms with E-state index in [1.54, 1.807) is 11.6 Å². The first kappa shape index (κ1) is 19.6. The van der Waals surface area contributed by atoms with E-state index in [4.69, 9.17) is 0 Å². The van der Waals surface area contributed by atoms with Crippen molar-refractivity contribution >= 4 is 15.7 Å². The van der Waals surface area contributed by atoms with Crippen molar-refractivity contribution in [3.63, 3.8) is 0 Å². The lowest BCUT2D eigenvalue weighted by atomic mass is 10.1. The fourth-order valence-electron chi connectivity index (χ4n) is 3.71. The predicted molar refractivity (Wildman–Crippen MR) is 106 cm³/mol. The third-order valence-electron chi connectivity index (χ3n) is 5.19. The molecule has 0 bridgehead atoms. The number of hydrogen-bond donors (Lipinski definition) is 1. The first-order valence-corrected chi connectivity index (χ1v) is 11.2. The maximum Gasteiger partial charge on any atom is 0.255 e. The quantitative estimate of drug-likeness (QED) is 0.823. The molecule has 0 radical (unpaired) electrons. The number of carbonyl (C=O) groups is 1.